The van der Waals surface area contributed by atoms with Gasteiger partial charge in [0.25, 0.3) is 5.91 Å². The molecule has 2 rings (SSSR count). The highest BCUT2D eigenvalue weighted by atomic mass is 35.5. The Bertz CT molecular complexity index is 620. The zero-order valence-electron chi connectivity index (χ0n) is 13.8. The largest absolute Gasteiger partial charge is 0.450 e. The minimum Gasteiger partial charge on any atom is -0.450 e. The van der Waals surface area contributed by atoms with Gasteiger partial charge in [0.15, 0.2) is 0 Å². The molecule has 2 heterocycles. The zero-order chi connectivity index (χ0) is 17.9. The monoisotopic (exact) mass is 377 g/mol. The topological polar surface area (TPSA) is 83.7 Å². The summed E-state index contributed by atoms with van der Waals surface area (Å²) in [4.78, 5) is 28.7. The minimum absolute atomic E-state index is 0.199. The van der Waals surface area contributed by atoms with Crippen LogP contribution in [0.4, 0.5) is 4.79 Å². The highest BCUT2D eigenvalue weighted by Gasteiger charge is 2.34. The summed E-state index contributed by atoms with van der Waals surface area (Å²) in [6.07, 6.45) is -0.162. The smallest absolute Gasteiger partial charge is 0.409 e. The van der Waals surface area contributed by atoms with E-state index in [2.05, 4.69) is 10.3 Å². The molecule has 2 atom stereocenters. The van der Waals surface area contributed by atoms with Gasteiger partial charge in [-0.15, -0.1) is 0 Å². The van der Waals surface area contributed by atoms with E-state index < -0.39 is 0 Å². The third kappa shape index (κ3) is 3.96. The van der Waals surface area contributed by atoms with Crippen LogP contribution in [-0.2, 0) is 9.47 Å². The van der Waals surface area contributed by atoms with Gasteiger partial charge in [0.1, 0.15) is 5.69 Å². The third-order valence-corrected chi connectivity index (χ3v) is 4.93. The molecule has 134 valence electrons. The number of aromatic nitrogens is 1. The second kappa shape index (κ2) is 8.09. The van der Waals surface area contributed by atoms with Crippen LogP contribution in [0.2, 0.25) is 10.0 Å². The first-order valence-electron chi connectivity index (χ1n) is 7.67. The lowest BCUT2D eigenvalue weighted by Crippen LogP contribution is -2.56. The van der Waals surface area contributed by atoms with Crippen molar-refractivity contribution in [3.63, 3.8) is 0 Å². The van der Waals surface area contributed by atoms with Crippen molar-refractivity contribution in [1.29, 1.82) is 0 Å². The number of piperidine rings is 1. The normalized spacial score (nSPS) is 20.8. The lowest BCUT2D eigenvalue weighted by molar-refractivity contribution is 0.00450. The van der Waals surface area contributed by atoms with E-state index in [1.54, 1.807) is 25.9 Å². The van der Waals surface area contributed by atoms with Gasteiger partial charge in [-0.05, 0) is 20.3 Å². The first-order chi connectivity index (χ1) is 11.4. The number of likely N-dealkylation sites (tertiary alicyclic amines) is 1. The van der Waals surface area contributed by atoms with Gasteiger partial charge in [-0.25, -0.2) is 4.79 Å². The lowest BCUT2D eigenvalue weighted by atomic mass is 10.0. The van der Waals surface area contributed by atoms with Crippen LogP contribution in [0.25, 0.3) is 0 Å². The Kier molecular flexibility index (Phi) is 6.37. The maximum Gasteiger partial charge on any atom is 0.409 e. The number of rotatable bonds is 4. The number of amides is 2. The van der Waals surface area contributed by atoms with Gasteiger partial charge in [0.2, 0.25) is 0 Å². The molecule has 1 aromatic rings. The molecule has 2 N–H and O–H groups in total. The standard InChI is InChI=1S/C15H21Cl2N3O4/c1-4-24-15(22)20-6-5-9(10(7-20)23-3)19-14(21)13-12(17)11(16)8(2)18-13/h9-10,18H,4-7H2,1-3H3,(H,19,21)/t9-,10+/m1/s1. The molecule has 9 heteroatoms. The molecule has 1 saturated heterocycles. The van der Waals surface area contributed by atoms with E-state index in [9.17, 15) is 9.59 Å². The Morgan fingerprint density at radius 1 is 1.38 bits per heavy atom. The average Bonchev–Trinajstić information content (AvgIpc) is 2.83. The van der Waals surface area contributed by atoms with Crippen LogP contribution in [-0.4, -0.2) is 60.8 Å². The number of aryl methyl sites for hydroxylation is 1. The molecule has 0 spiro atoms. The molecule has 0 radical (unpaired) electrons. The molecule has 0 unspecified atom stereocenters. The number of hydrogen-bond donors (Lipinski definition) is 2. The summed E-state index contributed by atoms with van der Waals surface area (Å²) in [5, 5.41) is 3.43. The van der Waals surface area contributed by atoms with Crippen molar-refractivity contribution in [1.82, 2.24) is 15.2 Å². The number of methoxy groups -OCH3 is 1. The van der Waals surface area contributed by atoms with Crippen LogP contribution in [0.15, 0.2) is 0 Å². The molecule has 0 aromatic carbocycles. The van der Waals surface area contributed by atoms with Crippen LogP contribution in [0.3, 0.4) is 0 Å². The summed E-state index contributed by atoms with van der Waals surface area (Å²) in [6.45, 7) is 4.63. The minimum atomic E-state index is -0.376. The molecule has 0 saturated carbocycles. The molecule has 24 heavy (non-hydrogen) atoms. The van der Waals surface area contributed by atoms with E-state index >= 15 is 0 Å². The maximum absolute atomic E-state index is 12.4. The number of H-pyrrole nitrogens is 1. The van der Waals surface area contributed by atoms with Crippen molar-refractivity contribution >= 4 is 35.2 Å². The number of nitrogens with one attached hydrogen (secondary N) is 2. The van der Waals surface area contributed by atoms with Crippen LogP contribution < -0.4 is 5.32 Å². The predicted molar refractivity (Wildman–Crippen MR) is 90.8 cm³/mol. The Morgan fingerprint density at radius 3 is 2.62 bits per heavy atom. The summed E-state index contributed by atoms with van der Waals surface area (Å²) in [6, 6.07) is -0.244. The average molecular weight is 378 g/mol. The van der Waals surface area contributed by atoms with E-state index in [1.165, 1.54) is 0 Å². The quantitative estimate of drug-likeness (QED) is 0.844. The summed E-state index contributed by atoms with van der Waals surface area (Å²) in [7, 11) is 1.54. The van der Waals surface area contributed by atoms with Gasteiger partial charge in [0, 0.05) is 19.3 Å². The van der Waals surface area contributed by atoms with Gasteiger partial charge in [-0.2, -0.15) is 0 Å². The van der Waals surface area contributed by atoms with Gasteiger partial charge in [0.05, 0.1) is 35.3 Å². The van der Waals surface area contributed by atoms with Crippen molar-refractivity contribution in [2.45, 2.75) is 32.4 Å². The van der Waals surface area contributed by atoms with Crippen molar-refractivity contribution in [3.05, 3.63) is 21.4 Å². The van der Waals surface area contributed by atoms with E-state index in [4.69, 9.17) is 32.7 Å². The second-order valence-electron chi connectivity index (χ2n) is 5.54. The number of carbonyl (C=O) groups is 2. The number of hydrogen-bond acceptors (Lipinski definition) is 4. The molecule has 1 aliphatic rings. The second-order valence-corrected chi connectivity index (χ2v) is 6.30. The molecule has 0 bridgehead atoms. The first kappa shape index (κ1) is 18.9. The highest BCUT2D eigenvalue weighted by molar-refractivity contribution is 6.44. The highest BCUT2D eigenvalue weighted by Crippen LogP contribution is 2.29. The Hall–Kier alpha value is -1.44. The molecule has 1 aromatic heterocycles. The number of ether oxygens (including phenoxy) is 2. The maximum atomic E-state index is 12.4. The van der Waals surface area contributed by atoms with Crippen LogP contribution in [0, 0.1) is 6.92 Å². The van der Waals surface area contributed by atoms with E-state index in [1.807, 2.05) is 0 Å². The van der Waals surface area contributed by atoms with Crippen molar-refractivity contribution in [3.8, 4) is 0 Å². The molecule has 0 aliphatic carbocycles. The fraction of sp³-hybridized carbons (Fsp3) is 0.600. The summed E-state index contributed by atoms with van der Waals surface area (Å²) in [5.74, 6) is -0.355. The van der Waals surface area contributed by atoms with Gasteiger partial charge in [-0.3, -0.25) is 4.79 Å². The number of aromatic amines is 1. The number of carbonyl (C=O) groups excluding carboxylic acids is 2. The van der Waals surface area contributed by atoms with Crippen LogP contribution in [0.5, 0.6) is 0 Å². The van der Waals surface area contributed by atoms with Crippen LogP contribution in [0.1, 0.15) is 29.5 Å². The number of nitrogens with zero attached hydrogens (tertiary/aromatic N) is 1. The Labute approximate surface area is 150 Å². The van der Waals surface area contributed by atoms with Gasteiger partial charge in [-0.1, -0.05) is 23.2 Å². The first-order valence-corrected chi connectivity index (χ1v) is 8.43. The summed E-state index contributed by atoms with van der Waals surface area (Å²) in [5.41, 5.74) is 0.856. The Morgan fingerprint density at radius 2 is 2.08 bits per heavy atom. The number of halogens is 2. The molecular weight excluding hydrogens is 357 g/mol. The van der Waals surface area contributed by atoms with Gasteiger partial charge >= 0.3 is 6.09 Å². The van der Waals surface area contributed by atoms with Crippen LogP contribution >= 0.6 is 23.2 Å². The Balaban J connectivity index is 2.03. The molecular formula is C15H21Cl2N3O4. The predicted octanol–water partition coefficient (Wildman–Crippen LogP) is 2.61. The summed E-state index contributed by atoms with van der Waals surface area (Å²) >= 11 is 12.1. The van der Waals surface area contributed by atoms with Gasteiger partial charge < -0.3 is 24.7 Å². The summed E-state index contributed by atoms with van der Waals surface area (Å²) < 4.78 is 10.4. The van der Waals surface area contributed by atoms with E-state index in [0.717, 1.165) is 0 Å². The third-order valence-electron chi connectivity index (χ3n) is 3.99. The van der Waals surface area contributed by atoms with E-state index in [-0.39, 0.29) is 34.9 Å². The van der Waals surface area contributed by atoms with Crippen molar-refractivity contribution in [2.75, 3.05) is 26.8 Å². The van der Waals surface area contributed by atoms with Crippen molar-refractivity contribution < 1.29 is 19.1 Å². The molecule has 7 nitrogen and oxygen atoms in total. The fourth-order valence-corrected chi connectivity index (χ4v) is 3.09. The van der Waals surface area contributed by atoms with E-state index in [0.29, 0.717) is 36.8 Å². The zero-order valence-corrected chi connectivity index (χ0v) is 15.3. The van der Waals surface area contributed by atoms with Crippen molar-refractivity contribution in [2.24, 2.45) is 0 Å². The fourth-order valence-electron chi connectivity index (χ4n) is 2.67. The molecule has 1 fully saturated rings. The molecule has 1 aliphatic heterocycles. The SMILES string of the molecule is CCOC(=O)N1CC[C@@H](NC(=O)c2[nH]c(C)c(Cl)c2Cl)[C@@H](OC)C1. The molecule has 2 amide bonds. The lowest BCUT2D eigenvalue weighted by Gasteiger charge is -2.37.